The van der Waals surface area contributed by atoms with Gasteiger partial charge >= 0.3 is 0 Å². The van der Waals surface area contributed by atoms with Crippen molar-refractivity contribution in [3.8, 4) is 11.4 Å². The number of nitrogens with zero attached hydrogens (tertiary/aromatic N) is 3. The minimum Gasteiger partial charge on any atom is -0.325 e. The maximum atomic E-state index is 13.3. The smallest absolute Gasteiger partial charge is 0.242 e. The minimum absolute atomic E-state index is 0.112. The van der Waals surface area contributed by atoms with Gasteiger partial charge in [0.1, 0.15) is 5.25 Å². The number of anilines is 1. The Bertz CT molecular complexity index is 1190. The molecule has 1 N–H and O–H groups in total. The van der Waals surface area contributed by atoms with Crippen molar-refractivity contribution in [3.05, 3.63) is 109 Å². The fraction of sp³-hybridized carbons (Fsp3) is 0.115. The molecular weight excluding hydrogens is 416 g/mol. The van der Waals surface area contributed by atoms with Crippen molar-refractivity contribution in [2.24, 2.45) is 0 Å². The van der Waals surface area contributed by atoms with Crippen LogP contribution >= 0.6 is 11.8 Å². The summed E-state index contributed by atoms with van der Waals surface area (Å²) in [6, 6.07) is 27.4. The van der Waals surface area contributed by atoms with Crippen LogP contribution in [0.2, 0.25) is 0 Å². The molecule has 0 aliphatic carbocycles. The number of amides is 1. The molecule has 3 aromatic carbocycles. The van der Waals surface area contributed by atoms with Gasteiger partial charge in [0, 0.05) is 17.8 Å². The molecule has 1 atom stereocenters. The van der Waals surface area contributed by atoms with E-state index >= 15 is 0 Å². The number of thioether (sulfide) groups is 1. The fourth-order valence-corrected chi connectivity index (χ4v) is 4.37. The number of carbonyl (C=O) groups excluding carboxylic acids is 1. The number of rotatable bonds is 8. The number of nitrogens with one attached hydrogen (secondary N) is 1. The molecule has 0 radical (unpaired) electrons. The van der Waals surface area contributed by atoms with Gasteiger partial charge in [0.25, 0.3) is 0 Å². The van der Waals surface area contributed by atoms with Crippen molar-refractivity contribution in [2.75, 3.05) is 5.32 Å². The van der Waals surface area contributed by atoms with Gasteiger partial charge in [-0.1, -0.05) is 96.2 Å². The van der Waals surface area contributed by atoms with E-state index in [1.165, 1.54) is 11.8 Å². The zero-order valence-corrected chi connectivity index (χ0v) is 18.6. The van der Waals surface area contributed by atoms with Gasteiger partial charge in [-0.05, 0) is 24.6 Å². The van der Waals surface area contributed by atoms with Crippen molar-refractivity contribution >= 4 is 23.4 Å². The Morgan fingerprint density at radius 1 is 1.00 bits per heavy atom. The van der Waals surface area contributed by atoms with E-state index in [9.17, 15) is 4.79 Å². The molecule has 4 aromatic rings. The summed E-state index contributed by atoms with van der Waals surface area (Å²) >= 11 is 1.38. The Morgan fingerprint density at radius 2 is 1.66 bits per heavy atom. The van der Waals surface area contributed by atoms with Gasteiger partial charge < -0.3 is 5.32 Å². The van der Waals surface area contributed by atoms with Crippen LogP contribution < -0.4 is 5.32 Å². The summed E-state index contributed by atoms with van der Waals surface area (Å²) in [7, 11) is 0. The lowest BCUT2D eigenvalue weighted by molar-refractivity contribution is -0.115. The molecule has 160 valence electrons. The van der Waals surface area contributed by atoms with Crippen LogP contribution in [0.5, 0.6) is 0 Å². The number of aryl methyl sites for hydroxylation is 1. The number of aromatic nitrogens is 3. The topological polar surface area (TPSA) is 59.8 Å². The van der Waals surface area contributed by atoms with E-state index in [1.807, 2.05) is 102 Å². The summed E-state index contributed by atoms with van der Waals surface area (Å²) in [4.78, 5) is 13.3. The van der Waals surface area contributed by atoms with Crippen LogP contribution in [0.25, 0.3) is 11.4 Å². The number of allylic oxidation sites excluding steroid dienone is 1. The lowest BCUT2D eigenvalue weighted by Gasteiger charge is -2.17. The minimum atomic E-state index is -0.492. The van der Waals surface area contributed by atoms with Crippen LogP contribution in [0.3, 0.4) is 0 Å². The zero-order chi connectivity index (χ0) is 22.3. The molecule has 4 rings (SSSR count). The van der Waals surface area contributed by atoms with Crippen LogP contribution in [0, 0.1) is 6.92 Å². The molecule has 5 nitrogen and oxygen atoms in total. The first-order chi connectivity index (χ1) is 15.7. The summed E-state index contributed by atoms with van der Waals surface area (Å²) in [5.41, 5.74) is 3.77. The molecule has 0 spiro atoms. The highest BCUT2D eigenvalue weighted by atomic mass is 32.2. The lowest BCUT2D eigenvalue weighted by Crippen LogP contribution is -2.19. The second-order valence-corrected chi connectivity index (χ2v) is 8.41. The first kappa shape index (κ1) is 21.6. The largest absolute Gasteiger partial charge is 0.325 e. The third-order valence-corrected chi connectivity index (χ3v) is 6.18. The molecule has 6 heteroatoms. The summed E-state index contributed by atoms with van der Waals surface area (Å²) < 4.78 is 1.99. The molecule has 0 aliphatic rings. The van der Waals surface area contributed by atoms with Gasteiger partial charge in [-0.15, -0.1) is 16.8 Å². The predicted octanol–water partition coefficient (Wildman–Crippen LogP) is 5.91. The molecule has 0 bridgehead atoms. The molecule has 0 fully saturated rings. The second-order valence-electron chi connectivity index (χ2n) is 7.34. The van der Waals surface area contributed by atoms with Crippen molar-refractivity contribution in [1.29, 1.82) is 0 Å². The number of carbonyl (C=O) groups is 1. The molecule has 0 saturated carbocycles. The number of hydrogen-bond acceptors (Lipinski definition) is 4. The average Bonchev–Trinajstić information content (AvgIpc) is 3.22. The SMILES string of the molecule is C=CCn1c(S[C@@H](C(=O)Nc2ccc(C)cc2)c2ccccc2)nnc1-c1ccccc1. The molecule has 0 aliphatic heterocycles. The molecule has 32 heavy (non-hydrogen) atoms. The molecule has 1 amide bonds. The van der Waals surface area contributed by atoms with Crippen molar-refractivity contribution in [1.82, 2.24) is 14.8 Å². The highest BCUT2D eigenvalue weighted by Gasteiger charge is 2.26. The maximum Gasteiger partial charge on any atom is 0.242 e. The van der Waals surface area contributed by atoms with E-state index in [1.54, 1.807) is 0 Å². The Kier molecular flexibility index (Phi) is 6.82. The molecule has 1 aromatic heterocycles. The first-order valence-corrected chi connectivity index (χ1v) is 11.2. The quantitative estimate of drug-likeness (QED) is 0.273. The van der Waals surface area contributed by atoms with Gasteiger partial charge in [-0.25, -0.2) is 0 Å². The van der Waals surface area contributed by atoms with Crippen LogP contribution in [0.15, 0.2) is 103 Å². The monoisotopic (exact) mass is 440 g/mol. The number of hydrogen-bond donors (Lipinski definition) is 1. The summed E-state index contributed by atoms with van der Waals surface area (Å²) in [6.45, 7) is 6.44. The van der Waals surface area contributed by atoms with Crippen LogP contribution in [-0.2, 0) is 11.3 Å². The van der Waals surface area contributed by atoms with E-state index < -0.39 is 5.25 Å². The summed E-state index contributed by atoms with van der Waals surface area (Å²) in [5, 5.41) is 12.1. The maximum absolute atomic E-state index is 13.3. The third-order valence-electron chi connectivity index (χ3n) is 4.94. The Hall–Kier alpha value is -3.64. The Balaban J connectivity index is 1.67. The van der Waals surface area contributed by atoms with Crippen LogP contribution in [0.1, 0.15) is 16.4 Å². The van der Waals surface area contributed by atoms with Gasteiger partial charge in [0.2, 0.25) is 5.91 Å². The Morgan fingerprint density at radius 3 is 2.31 bits per heavy atom. The van der Waals surface area contributed by atoms with Gasteiger partial charge in [-0.3, -0.25) is 9.36 Å². The van der Waals surface area contributed by atoms with Crippen LogP contribution in [0.4, 0.5) is 5.69 Å². The predicted molar refractivity (Wildman–Crippen MR) is 131 cm³/mol. The van der Waals surface area contributed by atoms with Crippen molar-refractivity contribution in [2.45, 2.75) is 23.9 Å². The molecule has 0 unspecified atom stereocenters. The van der Waals surface area contributed by atoms with Gasteiger partial charge in [-0.2, -0.15) is 0 Å². The second kappa shape index (κ2) is 10.1. The van der Waals surface area contributed by atoms with E-state index in [0.29, 0.717) is 11.7 Å². The first-order valence-electron chi connectivity index (χ1n) is 10.3. The lowest BCUT2D eigenvalue weighted by atomic mass is 10.1. The highest BCUT2D eigenvalue weighted by Crippen LogP contribution is 2.37. The summed E-state index contributed by atoms with van der Waals surface area (Å²) in [6.07, 6.45) is 1.81. The fourth-order valence-electron chi connectivity index (χ4n) is 3.32. The third kappa shape index (κ3) is 4.98. The van der Waals surface area contributed by atoms with E-state index in [2.05, 4.69) is 22.1 Å². The van der Waals surface area contributed by atoms with Gasteiger partial charge in [0.15, 0.2) is 11.0 Å². The number of benzene rings is 3. The van der Waals surface area contributed by atoms with Crippen molar-refractivity contribution < 1.29 is 4.79 Å². The Labute approximate surface area is 192 Å². The average molecular weight is 441 g/mol. The molecule has 0 saturated heterocycles. The summed E-state index contributed by atoms with van der Waals surface area (Å²) in [5.74, 6) is 0.637. The molecule has 1 heterocycles. The van der Waals surface area contributed by atoms with E-state index in [-0.39, 0.29) is 5.91 Å². The van der Waals surface area contributed by atoms with E-state index in [0.717, 1.165) is 28.2 Å². The highest BCUT2D eigenvalue weighted by molar-refractivity contribution is 8.00. The van der Waals surface area contributed by atoms with Crippen molar-refractivity contribution in [3.63, 3.8) is 0 Å². The standard InChI is InChI=1S/C26H24N4OS/c1-3-18-30-24(21-12-8-5-9-13-21)28-29-26(30)32-23(20-10-6-4-7-11-20)25(31)27-22-16-14-19(2)15-17-22/h3-17,23H,1,18H2,2H3,(H,27,31)/t23-/m1/s1. The molecular formula is C26H24N4OS. The normalized spacial score (nSPS) is 11.7. The zero-order valence-electron chi connectivity index (χ0n) is 17.8. The van der Waals surface area contributed by atoms with Crippen LogP contribution in [-0.4, -0.2) is 20.7 Å². The van der Waals surface area contributed by atoms with Gasteiger partial charge in [0.05, 0.1) is 0 Å². The van der Waals surface area contributed by atoms with E-state index in [4.69, 9.17) is 0 Å².